The number of para-hydroxylation sites is 2. The Balaban J connectivity index is 1.59. The molecule has 0 unspecified atom stereocenters. The Labute approximate surface area is 158 Å². The standard InChI is InChI=1S/C18H16N4O2S2/c1-11-8-15(23)21-12-4-2-3-5-14(12)22(11)16(24)9-26-18-17-13(6-7-25-17)19-10-20-18/h2-7,10-11H,8-9H2,1H3,(H,21,23)/t11-/m0/s1. The highest BCUT2D eigenvalue weighted by Gasteiger charge is 2.29. The predicted molar refractivity (Wildman–Crippen MR) is 105 cm³/mol. The van der Waals surface area contributed by atoms with Crippen LogP contribution in [-0.4, -0.2) is 33.6 Å². The molecule has 8 heteroatoms. The van der Waals surface area contributed by atoms with Gasteiger partial charge in [-0.2, -0.15) is 0 Å². The van der Waals surface area contributed by atoms with Gasteiger partial charge >= 0.3 is 0 Å². The van der Waals surface area contributed by atoms with Crippen molar-refractivity contribution in [2.75, 3.05) is 16.0 Å². The Kier molecular flexibility index (Phi) is 4.60. The van der Waals surface area contributed by atoms with Crippen LogP contribution in [0.15, 0.2) is 47.1 Å². The fourth-order valence-corrected chi connectivity index (χ4v) is 4.84. The number of rotatable bonds is 3. The van der Waals surface area contributed by atoms with Crippen molar-refractivity contribution >= 4 is 56.5 Å². The number of thiophene rings is 1. The van der Waals surface area contributed by atoms with Crippen LogP contribution >= 0.6 is 23.1 Å². The van der Waals surface area contributed by atoms with E-state index in [4.69, 9.17) is 0 Å². The van der Waals surface area contributed by atoms with E-state index in [1.165, 1.54) is 18.1 Å². The molecule has 2 amide bonds. The molecule has 3 aromatic rings. The molecule has 0 fully saturated rings. The summed E-state index contributed by atoms with van der Waals surface area (Å²) in [6, 6.07) is 9.13. The molecule has 6 nitrogen and oxygen atoms in total. The normalized spacial score (nSPS) is 16.9. The third-order valence-corrected chi connectivity index (χ3v) is 6.18. The molecule has 2 aromatic heterocycles. The number of nitrogens with zero attached hydrogens (tertiary/aromatic N) is 3. The summed E-state index contributed by atoms with van der Waals surface area (Å²) in [5, 5.41) is 5.65. The van der Waals surface area contributed by atoms with Gasteiger partial charge in [0.2, 0.25) is 11.8 Å². The van der Waals surface area contributed by atoms with Gasteiger partial charge in [0.05, 0.1) is 27.3 Å². The summed E-state index contributed by atoms with van der Waals surface area (Å²) in [7, 11) is 0. The van der Waals surface area contributed by atoms with Crippen LogP contribution in [-0.2, 0) is 9.59 Å². The van der Waals surface area contributed by atoms with E-state index in [1.54, 1.807) is 16.2 Å². The van der Waals surface area contributed by atoms with Crippen molar-refractivity contribution in [3.63, 3.8) is 0 Å². The van der Waals surface area contributed by atoms with Crippen LogP contribution in [0.5, 0.6) is 0 Å². The summed E-state index contributed by atoms with van der Waals surface area (Å²) in [5.74, 6) is 0.121. The molecule has 0 radical (unpaired) electrons. The lowest BCUT2D eigenvalue weighted by molar-refractivity contribution is -0.117. The minimum absolute atomic E-state index is 0.0465. The lowest BCUT2D eigenvalue weighted by Gasteiger charge is -2.27. The van der Waals surface area contributed by atoms with E-state index in [0.29, 0.717) is 5.69 Å². The molecule has 1 aromatic carbocycles. The van der Waals surface area contributed by atoms with Crippen LogP contribution in [0.2, 0.25) is 0 Å². The van der Waals surface area contributed by atoms with Crippen molar-refractivity contribution in [2.45, 2.75) is 24.4 Å². The van der Waals surface area contributed by atoms with Crippen LogP contribution in [0, 0.1) is 0 Å². The predicted octanol–water partition coefficient (Wildman–Crippen LogP) is 3.55. The van der Waals surface area contributed by atoms with Gasteiger partial charge in [0, 0.05) is 12.5 Å². The minimum Gasteiger partial charge on any atom is -0.324 e. The molecule has 0 saturated heterocycles. The maximum absolute atomic E-state index is 13.0. The molecule has 132 valence electrons. The summed E-state index contributed by atoms with van der Waals surface area (Å²) in [6.07, 6.45) is 1.79. The van der Waals surface area contributed by atoms with Gasteiger partial charge in [-0.15, -0.1) is 11.3 Å². The van der Waals surface area contributed by atoms with Crippen molar-refractivity contribution in [1.29, 1.82) is 0 Å². The number of anilines is 2. The van der Waals surface area contributed by atoms with Crippen LogP contribution < -0.4 is 10.2 Å². The Morgan fingerprint density at radius 3 is 3.08 bits per heavy atom. The van der Waals surface area contributed by atoms with Crippen molar-refractivity contribution in [1.82, 2.24) is 9.97 Å². The average Bonchev–Trinajstić information content (AvgIpc) is 3.06. The Hall–Kier alpha value is -2.45. The summed E-state index contributed by atoms with van der Waals surface area (Å²) >= 11 is 2.97. The Morgan fingerprint density at radius 2 is 2.19 bits per heavy atom. The highest BCUT2D eigenvalue weighted by atomic mass is 32.2. The van der Waals surface area contributed by atoms with E-state index in [-0.39, 0.29) is 30.0 Å². The number of carbonyl (C=O) groups is 2. The number of benzene rings is 1. The van der Waals surface area contributed by atoms with Gasteiger partial charge in [0.15, 0.2) is 0 Å². The average molecular weight is 384 g/mol. The Morgan fingerprint density at radius 1 is 1.35 bits per heavy atom. The van der Waals surface area contributed by atoms with Gasteiger partial charge in [0.1, 0.15) is 11.4 Å². The molecular weight excluding hydrogens is 368 g/mol. The first-order valence-corrected chi connectivity index (χ1v) is 10.0. The number of carbonyl (C=O) groups excluding carboxylic acids is 2. The number of fused-ring (bicyclic) bond motifs is 2. The second-order valence-electron chi connectivity index (χ2n) is 5.98. The van der Waals surface area contributed by atoms with E-state index in [0.717, 1.165) is 20.9 Å². The zero-order valence-corrected chi connectivity index (χ0v) is 15.6. The first kappa shape index (κ1) is 17.0. The van der Waals surface area contributed by atoms with Crippen LogP contribution in [0.1, 0.15) is 13.3 Å². The molecule has 4 rings (SSSR count). The fourth-order valence-electron chi connectivity index (χ4n) is 3.04. The van der Waals surface area contributed by atoms with Gasteiger partial charge in [-0.25, -0.2) is 9.97 Å². The van der Waals surface area contributed by atoms with Crippen molar-refractivity contribution in [3.8, 4) is 0 Å². The lowest BCUT2D eigenvalue weighted by Crippen LogP contribution is -2.40. The number of nitrogens with one attached hydrogen (secondary N) is 1. The molecule has 26 heavy (non-hydrogen) atoms. The molecule has 0 bridgehead atoms. The first-order valence-electron chi connectivity index (χ1n) is 8.15. The van der Waals surface area contributed by atoms with Gasteiger partial charge in [0.25, 0.3) is 0 Å². The Bertz CT molecular complexity index is 988. The van der Waals surface area contributed by atoms with Crippen LogP contribution in [0.25, 0.3) is 10.2 Å². The topological polar surface area (TPSA) is 75.2 Å². The minimum atomic E-state index is -0.209. The SMILES string of the molecule is C[C@H]1CC(=O)Nc2ccccc2N1C(=O)CSc1ncnc2ccsc12. The highest BCUT2D eigenvalue weighted by Crippen LogP contribution is 2.33. The largest absolute Gasteiger partial charge is 0.324 e. The molecule has 3 heterocycles. The summed E-state index contributed by atoms with van der Waals surface area (Å²) in [4.78, 5) is 35.3. The molecular formula is C18H16N4O2S2. The molecule has 1 aliphatic rings. The summed E-state index contributed by atoms with van der Waals surface area (Å²) in [5.41, 5.74) is 2.30. The number of thioether (sulfide) groups is 1. The quantitative estimate of drug-likeness (QED) is 0.552. The third kappa shape index (κ3) is 3.17. The summed E-state index contributed by atoms with van der Waals surface area (Å²) in [6.45, 7) is 1.90. The van der Waals surface area contributed by atoms with Crippen molar-refractivity contribution in [2.24, 2.45) is 0 Å². The number of aromatic nitrogens is 2. The maximum Gasteiger partial charge on any atom is 0.237 e. The molecule has 1 atom stereocenters. The smallest absolute Gasteiger partial charge is 0.237 e. The van der Waals surface area contributed by atoms with E-state index < -0.39 is 0 Å². The second-order valence-corrected chi connectivity index (χ2v) is 7.86. The van der Waals surface area contributed by atoms with Gasteiger partial charge < -0.3 is 10.2 Å². The third-order valence-electron chi connectivity index (χ3n) is 4.17. The van der Waals surface area contributed by atoms with E-state index >= 15 is 0 Å². The first-order chi connectivity index (χ1) is 12.6. The molecule has 1 aliphatic heterocycles. The van der Waals surface area contributed by atoms with Crippen molar-refractivity contribution < 1.29 is 9.59 Å². The van der Waals surface area contributed by atoms with E-state index in [9.17, 15) is 9.59 Å². The highest BCUT2D eigenvalue weighted by molar-refractivity contribution is 8.00. The molecule has 1 N–H and O–H groups in total. The number of hydrogen-bond donors (Lipinski definition) is 1. The fraction of sp³-hybridized carbons (Fsp3) is 0.222. The second kappa shape index (κ2) is 7.05. The number of hydrogen-bond acceptors (Lipinski definition) is 6. The zero-order valence-electron chi connectivity index (χ0n) is 14.0. The number of amides is 2. The van der Waals surface area contributed by atoms with Gasteiger partial charge in [-0.1, -0.05) is 23.9 Å². The van der Waals surface area contributed by atoms with E-state index in [2.05, 4.69) is 15.3 Å². The van der Waals surface area contributed by atoms with Gasteiger partial charge in [-0.3, -0.25) is 9.59 Å². The molecule has 0 aliphatic carbocycles. The monoisotopic (exact) mass is 384 g/mol. The van der Waals surface area contributed by atoms with E-state index in [1.807, 2.05) is 42.6 Å². The maximum atomic E-state index is 13.0. The van der Waals surface area contributed by atoms with Crippen LogP contribution in [0.3, 0.4) is 0 Å². The molecule has 0 saturated carbocycles. The lowest BCUT2D eigenvalue weighted by atomic mass is 10.2. The zero-order chi connectivity index (χ0) is 18.1. The van der Waals surface area contributed by atoms with Crippen LogP contribution in [0.4, 0.5) is 11.4 Å². The summed E-state index contributed by atoms with van der Waals surface area (Å²) < 4.78 is 0.992. The van der Waals surface area contributed by atoms with Gasteiger partial charge in [-0.05, 0) is 30.5 Å². The molecule has 0 spiro atoms. The van der Waals surface area contributed by atoms with Crippen molar-refractivity contribution in [3.05, 3.63) is 42.0 Å².